The van der Waals surface area contributed by atoms with Gasteiger partial charge in [-0.15, -0.1) is 15.0 Å². The third kappa shape index (κ3) is 3.03. The van der Waals surface area contributed by atoms with Gasteiger partial charge in [0.2, 0.25) is 5.69 Å². The van der Waals surface area contributed by atoms with E-state index in [1.54, 1.807) is 18.2 Å². The summed E-state index contributed by atoms with van der Waals surface area (Å²) in [6.45, 7) is 0.847. The summed E-state index contributed by atoms with van der Waals surface area (Å²) in [4.78, 5) is 3.19. The Morgan fingerprint density at radius 1 is 1.30 bits per heavy atom. The Morgan fingerprint density at radius 3 is 2.87 bits per heavy atom. The molecule has 120 valence electrons. The second-order valence-corrected chi connectivity index (χ2v) is 5.58. The summed E-state index contributed by atoms with van der Waals surface area (Å²) in [6.07, 6.45) is 3.65. The van der Waals surface area contributed by atoms with Crippen LogP contribution < -0.4 is 4.90 Å². The Hall–Kier alpha value is -2.46. The second kappa shape index (κ2) is 6.75. The molecule has 7 heteroatoms. The minimum Gasteiger partial charge on any atom is -0.396 e. The van der Waals surface area contributed by atoms with E-state index in [1.807, 2.05) is 11.0 Å². The zero-order valence-corrected chi connectivity index (χ0v) is 12.7. The highest BCUT2D eigenvalue weighted by atomic mass is 19.1. The van der Waals surface area contributed by atoms with E-state index < -0.39 is 5.82 Å². The third-order valence-corrected chi connectivity index (χ3v) is 4.13. The summed E-state index contributed by atoms with van der Waals surface area (Å²) in [6, 6.07) is 8.37. The SMILES string of the molecule is N#Cc1nn(-c2ccccc2F)nc1N1CCCCC1CCO. The normalized spacial score (nSPS) is 18.0. The van der Waals surface area contributed by atoms with E-state index in [0.717, 1.165) is 25.8 Å². The van der Waals surface area contributed by atoms with Crippen LogP contribution in [0.3, 0.4) is 0 Å². The lowest BCUT2D eigenvalue weighted by atomic mass is 9.99. The molecule has 0 aliphatic carbocycles. The van der Waals surface area contributed by atoms with Crippen LogP contribution in [0.1, 0.15) is 31.4 Å². The highest BCUT2D eigenvalue weighted by Gasteiger charge is 2.28. The van der Waals surface area contributed by atoms with Gasteiger partial charge in [0.25, 0.3) is 0 Å². The number of nitriles is 1. The summed E-state index contributed by atoms with van der Waals surface area (Å²) in [5.74, 6) is 0.0259. The van der Waals surface area contributed by atoms with Gasteiger partial charge in [-0.25, -0.2) is 4.39 Å². The lowest BCUT2D eigenvalue weighted by Gasteiger charge is -2.35. The van der Waals surface area contributed by atoms with Crippen molar-refractivity contribution in [3.63, 3.8) is 0 Å². The standard InChI is InChI=1S/C16H18FN5O/c17-13-6-1-2-7-15(13)22-19-14(11-18)16(20-22)21-9-4-3-5-12(21)8-10-23/h1-2,6-7,12,23H,3-5,8-10H2. The van der Waals surface area contributed by atoms with Gasteiger partial charge in [0, 0.05) is 19.2 Å². The predicted octanol–water partition coefficient (Wildman–Crippen LogP) is 2.02. The molecule has 1 unspecified atom stereocenters. The van der Waals surface area contributed by atoms with Crippen LogP contribution in [0.4, 0.5) is 10.2 Å². The average molecular weight is 315 g/mol. The molecule has 0 bridgehead atoms. The van der Waals surface area contributed by atoms with Crippen LogP contribution in [-0.2, 0) is 0 Å². The number of halogens is 1. The molecule has 3 rings (SSSR count). The van der Waals surface area contributed by atoms with Crippen molar-refractivity contribution in [3.8, 4) is 11.8 Å². The molecule has 1 fully saturated rings. The Labute approximate surface area is 133 Å². The highest BCUT2D eigenvalue weighted by molar-refractivity contribution is 5.51. The largest absolute Gasteiger partial charge is 0.396 e. The molecule has 2 aromatic rings. The number of nitrogens with zero attached hydrogens (tertiary/aromatic N) is 5. The Balaban J connectivity index is 1.99. The van der Waals surface area contributed by atoms with Gasteiger partial charge < -0.3 is 10.0 Å². The van der Waals surface area contributed by atoms with Gasteiger partial charge in [-0.1, -0.05) is 12.1 Å². The zero-order valence-electron chi connectivity index (χ0n) is 12.7. The molecule has 23 heavy (non-hydrogen) atoms. The van der Waals surface area contributed by atoms with Crippen molar-refractivity contribution >= 4 is 5.82 Å². The lowest BCUT2D eigenvalue weighted by molar-refractivity contribution is 0.262. The van der Waals surface area contributed by atoms with Crippen LogP contribution in [0.5, 0.6) is 0 Å². The first-order chi connectivity index (χ1) is 11.2. The number of rotatable bonds is 4. The van der Waals surface area contributed by atoms with Crippen LogP contribution in [0, 0.1) is 17.1 Å². The first kappa shape index (κ1) is 15.4. The average Bonchev–Trinajstić information content (AvgIpc) is 3.00. The molecule has 0 spiro atoms. The summed E-state index contributed by atoms with van der Waals surface area (Å²) in [7, 11) is 0. The minimum absolute atomic E-state index is 0.0878. The first-order valence-electron chi connectivity index (χ1n) is 7.74. The molecule has 1 aromatic heterocycles. The number of aliphatic hydroxyl groups excluding tert-OH is 1. The number of benzene rings is 1. The summed E-state index contributed by atoms with van der Waals surface area (Å²) < 4.78 is 13.9. The fourth-order valence-corrected chi connectivity index (χ4v) is 3.01. The molecule has 2 heterocycles. The Kier molecular flexibility index (Phi) is 4.53. The number of para-hydroxylation sites is 1. The third-order valence-electron chi connectivity index (χ3n) is 4.13. The van der Waals surface area contributed by atoms with Gasteiger partial charge in [0.1, 0.15) is 11.8 Å². The number of aromatic nitrogens is 3. The molecule has 0 saturated carbocycles. The Morgan fingerprint density at radius 2 is 2.13 bits per heavy atom. The molecular formula is C16H18FN5O. The van der Waals surface area contributed by atoms with E-state index in [4.69, 9.17) is 0 Å². The van der Waals surface area contributed by atoms with Crippen LogP contribution in [0.2, 0.25) is 0 Å². The molecular weight excluding hydrogens is 297 g/mol. The molecule has 6 nitrogen and oxygen atoms in total. The highest BCUT2D eigenvalue weighted by Crippen LogP contribution is 2.27. The van der Waals surface area contributed by atoms with Gasteiger partial charge in [0.05, 0.1) is 0 Å². The molecule has 1 aromatic carbocycles. The van der Waals surface area contributed by atoms with E-state index in [-0.39, 0.29) is 24.0 Å². The van der Waals surface area contributed by atoms with E-state index in [2.05, 4.69) is 10.2 Å². The van der Waals surface area contributed by atoms with Gasteiger partial charge in [0.15, 0.2) is 11.6 Å². The maximum absolute atomic E-state index is 13.9. The van der Waals surface area contributed by atoms with E-state index in [0.29, 0.717) is 12.2 Å². The first-order valence-corrected chi connectivity index (χ1v) is 7.74. The zero-order chi connectivity index (χ0) is 16.2. The summed E-state index contributed by atoms with van der Waals surface area (Å²) in [5, 5.41) is 27.1. The van der Waals surface area contributed by atoms with E-state index in [1.165, 1.54) is 10.9 Å². The van der Waals surface area contributed by atoms with Gasteiger partial charge in [-0.05, 0) is 37.8 Å². The van der Waals surface area contributed by atoms with Crippen LogP contribution in [0.25, 0.3) is 5.69 Å². The van der Waals surface area contributed by atoms with Crippen molar-refractivity contribution in [1.82, 2.24) is 15.0 Å². The molecule has 1 aliphatic rings. The maximum Gasteiger partial charge on any atom is 0.207 e. The fraction of sp³-hybridized carbons (Fsp3) is 0.438. The van der Waals surface area contributed by atoms with Crippen molar-refractivity contribution in [2.24, 2.45) is 0 Å². The molecule has 1 atom stereocenters. The molecule has 0 radical (unpaired) electrons. The Bertz CT molecular complexity index is 722. The van der Waals surface area contributed by atoms with Crippen molar-refractivity contribution in [2.45, 2.75) is 31.7 Å². The minimum atomic E-state index is -0.441. The van der Waals surface area contributed by atoms with E-state index in [9.17, 15) is 14.8 Å². The van der Waals surface area contributed by atoms with Crippen molar-refractivity contribution in [3.05, 3.63) is 35.8 Å². The second-order valence-electron chi connectivity index (χ2n) is 5.58. The fourth-order valence-electron chi connectivity index (χ4n) is 3.01. The monoisotopic (exact) mass is 315 g/mol. The lowest BCUT2D eigenvalue weighted by Crippen LogP contribution is -2.40. The molecule has 1 N–H and O–H groups in total. The van der Waals surface area contributed by atoms with Gasteiger partial charge in [-0.3, -0.25) is 0 Å². The van der Waals surface area contributed by atoms with Crippen molar-refractivity contribution in [1.29, 1.82) is 5.26 Å². The van der Waals surface area contributed by atoms with Crippen molar-refractivity contribution < 1.29 is 9.50 Å². The van der Waals surface area contributed by atoms with Crippen LogP contribution in [0.15, 0.2) is 24.3 Å². The maximum atomic E-state index is 13.9. The number of hydrogen-bond acceptors (Lipinski definition) is 5. The number of anilines is 1. The topological polar surface area (TPSA) is 78.0 Å². The van der Waals surface area contributed by atoms with Gasteiger partial charge in [-0.2, -0.15) is 5.26 Å². The van der Waals surface area contributed by atoms with Gasteiger partial charge >= 0.3 is 0 Å². The van der Waals surface area contributed by atoms with Crippen LogP contribution in [-0.4, -0.2) is 39.3 Å². The van der Waals surface area contributed by atoms with Crippen LogP contribution >= 0.6 is 0 Å². The number of aliphatic hydroxyl groups is 1. The number of hydrogen-bond donors (Lipinski definition) is 1. The van der Waals surface area contributed by atoms with Crippen molar-refractivity contribution in [2.75, 3.05) is 18.1 Å². The summed E-state index contributed by atoms with van der Waals surface area (Å²) in [5.41, 5.74) is 0.393. The quantitative estimate of drug-likeness (QED) is 0.934. The smallest absolute Gasteiger partial charge is 0.207 e. The molecule has 0 amide bonds. The number of piperidine rings is 1. The summed E-state index contributed by atoms with van der Waals surface area (Å²) >= 11 is 0. The predicted molar refractivity (Wildman–Crippen MR) is 82.7 cm³/mol. The van der Waals surface area contributed by atoms with E-state index >= 15 is 0 Å². The molecule has 1 saturated heterocycles. The molecule has 1 aliphatic heterocycles.